The number of hydrogen-bond donors (Lipinski definition) is 1. The molecular weight excluding hydrogens is 388 g/mol. The molecule has 4 atom stereocenters. The summed E-state index contributed by atoms with van der Waals surface area (Å²) >= 11 is 5.79. The zero-order valence-corrected chi connectivity index (χ0v) is 15.8. The molecule has 2 heterocycles. The van der Waals surface area contributed by atoms with Crippen molar-refractivity contribution in [1.29, 1.82) is 0 Å². The highest BCUT2D eigenvalue weighted by Gasteiger charge is 2.62. The number of hydrogen-bond acceptors (Lipinski definition) is 5. The van der Waals surface area contributed by atoms with Crippen LogP contribution in [-0.2, 0) is 16.7 Å². The molecule has 5 nitrogen and oxygen atoms in total. The number of nitrogens with two attached hydrogens (primary N) is 1. The largest absolute Gasteiger partial charge is 0.462 e. The summed E-state index contributed by atoms with van der Waals surface area (Å²) in [6, 6.07) is 7.18. The predicted molar refractivity (Wildman–Crippen MR) is 101 cm³/mol. The molecule has 0 bridgehead atoms. The average molecular weight is 406 g/mol. The summed E-state index contributed by atoms with van der Waals surface area (Å²) in [5.74, 6) is -1.14. The number of Topliss-reactive ketones (excluding diaryl/α,β-unsaturated/α-hetero) is 1. The van der Waals surface area contributed by atoms with Gasteiger partial charge in [0.2, 0.25) is 0 Å². The van der Waals surface area contributed by atoms with E-state index in [4.69, 9.17) is 22.1 Å². The molecule has 1 saturated carbocycles. The fourth-order valence-corrected chi connectivity index (χ4v) is 3.99. The normalized spacial score (nSPS) is 26.6. The van der Waals surface area contributed by atoms with Gasteiger partial charge in [-0.2, -0.15) is 0 Å². The maximum atomic E-state index is 14.8. The number of halogens is 3. The van der Waals surface area contributed by atoms with Crippen LogP contribution < -0.4 is 5.73 Å². The number of carbonyl (C=O) groups is 1. The van der Waals surface area contributed by atoms with E-state index in [1.54, 1.807) is 6.07 Å². The van der Waals surface area contributed by atoms with E-state index in [1.165, 1.54) is 37.4 Å². The lowest BCUT2D eigenvalue weighted by Crippen LogP contribution is -2.44. The second-order valence-electron chi connectivity index (χ2n) is 7.17. The van der Waals surface area contributed by atoms with Crippen molar-refractivity contribution in [2.24, 2.45) is 16.6 Å². The Bertz CT molecular complexity index is 964. The summed E-state index contributed by atoms with van der Waals surface area (Å²) in [6.07, 6.45) is 0.178. The summed E-state index contributed by atoms with van der Waals surface area (Å²) in [5, 5.41) is 0.424. The minimum atomic E-state index is -1.48. The molecule has 1 aliphatic heterocycles. The third-order valence-electron chi connectivity index (χ3n) is 5.31. The van der Waals surface area contributed by atoms with Gasteiger partial charge in [-0.05, 0) is 43.2 Å². The highest BCUT2D eigenvalue weighted by atomic mass is 35.5. The van der Waals surface area contributed by atoms with Crippen LogP contribution in [0, 0.1) is 11.7 Å². The molecule has 1 aromatic heterocycles. The van der Waals surface area contributed by atoms with Crippen LogP contribution in [0.15, 0.2) is 41.5 Å². The lowest BCUT2D eigenvalue weighted by Gasteiger charge is -2.35. The molecule has 0 amide bonds. The van der Waals surface area contributed by atoms with Crippen LogP contribution in [0.3, 0.4) is 0 Å². The average Bonchev–Trinajstić information content (AvgIpc) is 3.42. The molecule has 2 aliphatic rings. The van der Waals surface area contributed by atoms with Crippen LogP contribution in [0.2, 0.25) is 5.02 Å². The SMILES string of the molecule is CC(F)[C@]1(c2cc(CC(=O)c3ccc(Cl)cn3)ccc2F)N=C(N)O[C@@H]2C[C@@H]21. The van der Waals surface area contributed by atoms with E-state index >= 15 is 0 Å². The predicted octanol–water partition coefficient (Wildman–Crippen LogP) is 3.59. The minimum absolute atomic E-state index is 0.0115. The zero-order valence-electron chi connectivity index (χ0n) is 15.0. The number of carbonyl (C=O) groups excluding carboxylic acids is 1. The van der Waals surface area contributed by atoms with Gasteiger partial charge < -0.3 is 10.5 Å². The van der Waals surface area contributed by atoms with Gasteiger partial charge in [-0.15, -0.1) is 0 Å². The van der Waals surface area contributed by atoms with Gasteiger partial charge in [-0.1, -0.05) is 17.7 Å². The van der Waals surface area contributed by atoms with Crippen LogP contribution >= 0.6 is 11.6 Å². The highest BCUT2D eigenvalue weighted by Crippen LogP contribution is 2.55. The summed E-state index contributed by atoms with van der Waals surface area (Å²) in [4.78, 5) is 20.7. The monoisotopic (exact) mass is 405 g/mol. The molecule has 28 heavy (non-hydrogen) atoms. The topological polar surface area (TPSA) is 77.6 Å². The quantitative estimate of drug-likeness (QED) is 0.771. The molecule has 0 spiro atoms. The molecule has 4 rings (SSSR count). The molecule has 8 heteroatoms. The Morgan fingerprint density at radius 3 is 2.89 bits per heavy atom. The number of amidine groups is 1. The van der Waals surface area contributed by atoms with E-state index in [1.807, 2.05) is 0 Å². The number of alkyl halides is 1. The van der Waals surface area contributed by atoms with Crippen LogP contribution in [0.1, 0.15) is 35.0 Å². The van der Waals surface area contributed by atoms with Crippen LogP contribution in [0.4, 0.5) is 8.78 Å². The molecule has 1 aliphatic carbocycles. The van der Waals surface area contributed by atoms with E-state index in [-0.39, 0.29) is 41.5 Å². The standard InChI is InChI=1S/C20H18ClF2N3O2/c1-10(22)20(14-8-18(14)28-19(24)26-20)13-6-11(2-4-15(13)23)7-17(27)16-5-3-12(21)9-25-16/h2-6,9-10,14,18H,7-8H2,1H3,(H2,24,26)/t10?,14-,18+,20+/m0/s1. The first-order chi connectivity index (χ1) is 13.3. The van der Waals surface area contributed by atoms with Crippen molar-refractivity contribution in [2.45, 2.75) is 37.6 Å². The third-order valence-corrected chi connectivity index (χ3v) is 5.53. The lowest BCUT2D eigenvalue weighted by atomic mass is 9.80. The molecule has 1 unspecified atom stereocenters. The summed E-state index contributed by atoms with van der Waals surface area (Å²) < 4.78 is 34.9. The number of pyridine rings is 1. The number of fused-ring (bicyclic) bond motifs is 1. The van der Waals surface area contributed by atoms with Crippen molar-refractivity contribution >= 4 is 23.4 Å². The highest BCUT2D eigenvalue weighted by molar-refractivity contribution is 6.30. The number of benzene rings is 1. The summed E-state index contributed by atoms with van der Waals surface area (Å²) in [7, 11) is 0. The van der Waals surface area contributed by atoms with E-state index < -0.39 is 17.5 Å². The second kappa shape index (κ2) is 6.81. The van der Waals surface area contributed by atoms with E-state index in [0.29, 0.717) is 17.0 Å². The number of aliphatic imine (C=N–C) groups is 1. The van der Waals surface area contributed by atoms with E-state index in [0.717, 1.165) is 0 Å². The molecule has 0 radical (unpaired) electrons. The Kier molecular flexibility index (Phi) is 4.57. The summed E-state index contributed by atoms with van der Waals surface area (Å²) in [6.45, 7) is 1.34. The first kappa shape index (κ1) is 18.8. The van der Waals surface area contributed by atoms with Gasteiger partial charge in [-0.3, -0.25) is 9.78 Å². The van der Waals surface area contributed by atoms with Crippen molar-refractivity contribution in [2.75, 3.05) is 0 Å². The van der Waals surface area contributed by atoms with Crippen molar-refractivity contribution in [3.63, 3.8) is 0 Å². The number of nitrogens with zero attached hydrogens (tertiary/aromatic N) is 2. The zero-order chi connectivity index (χ0) is 20.1. The van der Waals surface area contributed by atoms with Crippen molar-refractivity contribution in [3.8, 4) is 0 Å². The Balaban J connectivity index is 1.70. The number of ether oxygens (including phenoxy) is 1. The molecule has 1 aromatic carbocycles. The Morgan fingerprint density at radius 1 is 1.43 bits per heavy atom. The van der Waals surface area contributed by atoms with Crippen LogP contribution in [-0.4, -0.2) is 29.1 Å². The molecule has 0 saturated heterocycles. The van der Waals surface area contributed by atoms with Gasteiger partial charge in [0.15, 0.2) is 5.78 Å². The number of ketones is 1. The smallest absolute Gasteiger partial charge is 0.283 e. The van der Waals surface area contributed by atoms with Gasteiger partial charge in [0.05, 0.1) is 5.02 Å². The third kappa shape index (κ3) is 3.13. The second-order valence-corrected chi connectivity index (χ2v) is 7.60. The number of rotatable bonds is 5. The molecule has 2 N–H and O–H groups in total. The fourth-order valence-electron chi connectivity index (χ4n) is 3.88. The lowest BCUT2D eigenvalue weighted by molar-refractivity contribution is 0.0987. The van der Waals surface area contributed by atoms with Gasteiger partial charge in [0.1, 0.15) is 29.3 Å². The van der Waals surface area contributed by atoms with E-state index in [2.05, 4.69) is 9.98 Å². The molecular formula is C20H18ClF2N3O2. The van der Waals surface area contributed by atoms with Crippen molar-refractivity contribution in [3.05, 3.63) is 64.2 Å². The van der Waals surface area contributed by atoms with Gasteiger partial charge in [0.25, 0.3) is 6.02 Å². The first-order valence-corrected chi connectivity index (χ1v) is 9.28. The van der Waals surface area contributed by atoms with Crippen LogP contribution in [0.5, 0.6) is 0 Å². The van der Waals surface area contributed by atoms with Crippen LogP contribution in [0.25, 0.3) is 0 Å². The van der Waals surface area contributed by atoms with Crippen molar-refractivity contribution in [1.82, 2.24) is 4.98 Å². The Labute approximate surface area is 165 Å². The van der Waals surface area contributed by atoms with Gasteiger partial charge in [-0.25, -0.2) is 13.8 Å². The van der Waals surface area contributed by atoms with E-state index in [9.17, 15) is 13.6 Å². The maximum Gasteiger partial charge on any atom is 0.283 e. The molecule has 146 valence electrons. The number of aromatic nitrogens is 1. The van der Waals surface area contributed by atoms with Gasteiger partial charge >= 0.3 is 0 Å². The fraction of sp³-hybridized carbons (Fsp3) is 0.350. The molecule has 2 aromatic rings. The first-order valence-electron chi connectivity index (χ1n) is 8.91. The maximum absolute atomic E-state index is 14.8. The van der Waals surface area contributed by atoms with Crippen molar-refractivity contribution < 1.29 is 18.3 Å². The molecule has 1 fully saturated rings. The minimum Gasteiger partial charge on any atom is -0.462 e. The Hall–Kier alpha value is -2.54. The van der Waals surface area contributed by atoms with Gasteiger partial charge in [0, 0.05) is 24.1 Å². The summed E-state index contributed by atoms with van der Waals surface area (Å²) in [5.41, 5.74) is 5.16. The Morgan fingerprint density at radius 2 is 2.21 bits per heavy atom.